The monoisotopic (exact) mass is 377 g/mol. The summed E-state index contributed by atoms with van der Waals surface area (Å²) in [7, 11) is -3.97. The zero-order valence-electron chi connectivity index (χ0n) is 14.0. The Hall–Kier alpha value is -3.14. The highest BCUT2D eigenvalue weighted by Crippen LogP contribution is 2.25. The van der Waals surface area contributed by atoms with Crippen molar-refractivity contribution < 1.29 is 17.3 Å². The molecule has 1 aromatic heterocycles. The van der Waals surface area contributed by atoms with Gasteiger partial charge in [0.2, 0.25) is 5.96 Å². The van der Waals surface area contributed by atoms with Crippen LogP contribution in [0.15, 0.2) is 52.7 Å². The van der Waals surface area contributed by atoms with Crippen molar-refractivity contribution >= 4 is 22.3 Å². The molecule has 9 nitrogen and oxygen atoms in total. The van der Waals surface area contributed by atoms with Gasteiger partial charge in [-0.15, -0.1) is 0 Å². The van der Waals surface area contributed by atoms with Gasteiger partial charge in [0, 0.05) is 31.1 Å². The van der Waals surface area contributed by atoms with Crippen LogP contribution in [0, 0.1) is 12.3 Å². The molecule has 0 amide bonds. The normalized spacial score (nSPS) is 11.3. The molecule has 0 spiro atoms. The number of guanidine groups is 1. The molecule has 4 N–H and O–H groups in total. The van der Waals surface area contributed by atoms with Gasteiger partial charge in [0.15, 0.2) is 0 Å². The van der Waals surface area contributed by atoms with Gasteiger partial charge in [-0.3, -0.25) is 10.4 Å². The van der Waals surface area contributed by atoms with Gasteiger partial charge < -0.3 is 14.7 Å². The summed E-state index contributed by atoms with van der Waals surface area (Å²) in [6.45, 7) is 2.11. The van der Waals surface area contributed by atoms with Crippen LogP contribution < -0.4 is 20.1 Å². The van der Waals surface area contributed by atoms with E-state index in [9.17, 15) is 8.42 Å². The maximum atomic E-state index is 12.3. The lowest BCUT2D eigenvalue weighted by atomic mass is 10.2. The van der Waals surface area contributed by atoms with Gasteiger partial charge in [-0.05, 0) is 36.8 Å². The number of aromatic nitrogens is 1. The average molecular weight is 377 g/mol. The summed E-state index contributed by atoms with van der Waals surface area (Å²) in [5, 5.41) is 10.6. The van der Waals surface area contributed by atoms with E-state index >= 15 is 0 Å². The van der Waals surface area contributed by atoms with E-state index < -0.39 is 10.1 Å². The molecule has 2 rings (SSSR count). The first-order valence-electron chi connectivity index (χ1n) is 7.57. The zero-order chi connectivity index (χ0) is 19.0. The van der Waals surface area contributed by atoms with Crippen LogP contribution in [0.3, 0.4) is 0 Å². The summed E-state index contributed by atoms with van der Waals surface area (Å²) < 4.78 is 35.2. The Bertz CT molecular complexity index is 885. The number of nitrogens with zero attached hydrogens (tertiary/aromatic N) is 2. The summed E-state index contributed by atoms with van der Waals surface area (Å²) in [6.07, 6.45) is 4.68. The van der Waals surface area contributed by atoms with Gasteiger partial charge in [-0.1, -0.05) is 0 Å². The molecule has 0 bridgehead atoms. The third-order valence-corrected chi connectivity index (χ3v) is 4.18. The fourth-order valence-corrected chi connectivity index (χ4v) is 2.81. The molecule has 0 unspecified atom stereocenters. The molecule has 0 saturated carbocycles. The van der Waals surface area contributed by atoms with E-state index in [1.54, 1.807) is 19.1 Å². The van der Waals surface area contributed by atoms with Crippen LogP contribution in [0.4, 0.5) is 0 Å². The number of hydrazone groups is 1. The maximum absolute atomic E-state index is 12.3. The minimum absolute atomic E-state index is 0.0295. The number of hydrogen-bond donors (Lipinski definition) is 3. The topological polar surface area (TPSA) is 140 Å². The highest BCUT2D eigenvalue weighted by atomic mass is 32.2. The molecular formula is C16H19N5O4S. The molecule has 0 saturated heterocycles. The van der Waals surface area contributed by atoms with E-state index in [1.807, 2.05) is 0 Å². The molecule has 10 heteroatoms. The van der Waals surface area contributed by atoms with Crippen molar-refractivity contribution in [2.24, 2.45) is 10.8 Å². The lowest BCUT2D eigenvalue weighted by molar-refractivity contribution is 0.329. The van der Waals surface area contributed by atoms with Crippen LogP contribution in [-0.4, -0.2) is 32.2 Å². The van der Waals surface area contributed by atoms with E-state index in [-0.39, 0.29) is 16.6 Å². The van der Waals surface area contributed by atoms with E-state index in [0.29, 0.717) is 18.8 Å². The lowest BCUT2D eigenvalue weighted by Crippen LogP contribution is -2.25. The third-order valence-electron chi connectivity index (χ3n) is 2.95. The van der Waals surface area contributed by atoms with Crippen LogP contribution >= 0.6 is 0 Å². The predicted octanol–water partition coefficient (Wildman–Crippen LogP) is 1.40. The van der Waals surface area contributed by atoms with Crippen molar-refractivity contribution in [1.29, 1.82) is 5.41 Å². The number of ether oxygens (including phenoxy) is 1. The van der Waals surface area contributed by atoms with Gasteiger partial charge in [-0.25, -0.2) is 5.43 Å². The van der Waals surface area contributed by atoms with Gasteiger partial charge in [-0.2, -0.15) is 13.5 Å². The molecule has 1 aromatic carbocycles. The van der Waals surface area contributed by atoms with Crippen LogP contribution in [-0.2, 0) is 10.1 Å². The minimum atomic E-state index is -3.97. The first-order chi connectivity index (χ1) is 12.4. The molecule has 0 aliphatic rings. The van der Waals surface area contributed by atoms with Crippen LogP contribution in [0.5, 0.6) is 11.5 Å². The van der Waals surface area contributed by atoms with Crippen molar-refractivity contribution in [2.75, 3.05) is 6.61 Å². The number of benzene rings is 1. The molecule has 0 fully saturated rings. The molecule has 0 atom stereocenters. The second-order valence-electron chi connectivity index (χ2n) is 5.18. The first-order valence-corrected chi connectivity index (χ1v) is 8.98. The average Bonchev–Trinajstić information content (AvgIpc) is 2.57. The Morgan fingerprint density at radius 3 is 2.85 bits per heavy atom. The number of hydrogen-bond acceptors (Lipinski definition) is 7. The highest BCUT2D eigenvalue weighted by molar-refractivity contribution is 7.87. The molecule has 138 valence electrons. The maximum Gasteiger partial charge on any atom is 0.340 e. The van der Waals surface area contributed by atoms with Gasteiger partial charge in [0.25, 0.3) is 0 Å². The summed E-state index contributed by atoms with van der Waals surface area (Å²) in [4.78, 5) is 3.75. The van der Waals surface area contributed by atoms with E-state index in [4.69, 9.17) is 20.1 Å². The molecular weight excluding hydrogens is 358 g/mol. The van der Waals surface area contributed by atoms with Crippen molar-refractivity contribution in [3.8, 4) is 11.5 Å². The number of rotatable bonds is 8. The molecule has 0 radical (unpaired) electrons. The Morgan fingerprint density at radius 2 is 2.15 bits per heavy atom. The standard InChI is InChI=1S/C16H19N5O4S/c1-12-8-13(24-7-3-6-20-21-16(17)18)10-14(9-12)25-26(22,23)15-4-2-5-19-11-15/h2,4-6,8-11H,3,7H2,1H3,(H4,17,18,21). The second-order valence-corrected chi connectivity index (χ2v) is 6.73. The summed E-state index contributed by atoms with van der Waals surface area (Å²) in [6, 6.07) is 7.77. The predicted molar refractivity (Wildman–Crippen MR) is 96.9 cm³/mol. The Balaban J connectivity index is 2.01. The highest BCUT2D eigenvalue weighted by Gasteiger charge is 2.17. The van der Waals surface area contributed by atoms with Crippen LogP contribution in [0.1, 0.15) is 12.0 Å². The second kappa shape index (κ2) is 8.81. The van der Waals surface area contributed by atoms with Gasteiger partial charge in [0.05, 0.1) is 6.61 Å². The summed E-state index contributed by atoms with van der Waals surface area (Å²) in [5.74, 6) is 0.363. The Kier molecular flexibility index (Phi) is 6.50. The number of pyridine rings is 1. The fraction of sp³-hybridized carbons (Fsp3) is 0.188. The van der Waals surface area contributed by atoms with E-state index in [1.165, 1.54) is 36.8 Å². The number of nitrogens with two attached hydrogens (primary N) is 1. The lowest BCUT2D eigenvalue weighted by Gasteiger charge is -2.10. The van der Waals surface area contributed by atoms with Crippen LogP contribution in [0.25, 0.3) is 0 Å². The van der Waals surface area contributed by atoms with E-state index in [2.05, 4.69) is 15.5 Å². The minimum Gasteiger partial charge on any atom is -0.493 e. The van der Waals surface area contributed by atoms with Crippen molar-refractivity contribution in [2.45, 2.75) is 18.2 Å². The molecule has 26 heavy (non-hydrogen) atoms. The third kappa shape index (κ3) is 6.06. The van der Waals surface area contributed by atoms with Gasteiger partial charge in [0.1, 0.15) is 16.4 Å². The SMILES string of the molecule is Cc1cc(OCCC=NNC(=N)N)cc(OS(=O)(=O)c2cccnc2)c1. The van der Waals surface area contributed by atoms with Crippen molar-refractivity contribution in [3.63, 3.8) is 0 Å². The summed E-state index contributed by atoms with van der Waals surface area (Å²) in [5.41, 5.74) is 8.15. The van der Waals surface area contributed by atoms with Crippen molar-refractivity contribution in [1.82, 2.24) is 10.4 Å². The largest absolute Gasteiger partial charge is 0.493 e. The first kappa shape index (κ1) is 19.2. The molecule has 0 aliphatic heterocycles. The zero-order valence-corrected chi connectivity index (χ0v) is 14.9. The van der Waals surface area contributed by atoms with E-state index in [0.717, 1.165) is 5.56 Å². The smallest absolute Gasteiger partial charge is 0.340 e. The Morgan fingerprint density at radius 1 is 1.38 bits per heavy atom. The molecule has 0 aliphatic carbocycles. The van der Waals surface area contributed by atoms with Crippen molar-refractivity contribution in [3.05, 3.63) is 48.3 Å². The fourth-order valence-electron chi connectivity index (χ4n) is 1.92. The quantitative estimate of drug-likeness (QED) is 0.208. The summed E-state index contributed by atoms with van der Waals surface area (Å²) >= 11 is 0. The number of aryl methyl sites for hydroxylation is 1. The molecule has 1 heterocycles. The van der Waals surface area contributed by atoms with Crippen LogP contribution in [0.2, 0.25) is 0 Å². The van der Waals surface area contributed by atoms with Gasteiger partial charge >= 0.3 is 10.1 Å². The number of nitrogens with one attached hydrogen (secondary N) is 2. The molecule has 2 aromatic rings. The Labute approximate surface area is 151 Å².